The summed E-state index contributed by atoms with van der Waals surface area (Å²) in [6.45, 7) is 2.26. The van der Waals surface area contributed by atoms with Gasteiger partial charge in [0.15, 0.2) is 5.65 Å². The number of anilines is 2. The number of alkyl halides is 3. The topological polar surface area (TPSA) is 96.5 Å². The molecule has 2 aliphatic heterocycles. The Hall–Kier alpha value is -3.38. The summed E-state index contributed by atoms with van der Waals surface area (Å²) < 4.78 is 41.5. The van der Waals surface area contributed by atoms with Crippen LogP contribution in [0.3, 0.4) is 0 Å². The van der Waals surface area contributed by atoms with Gasteiger partial charge in [0.1, 0.15) is 5.82 Å². The van der Waals surface area contributed by atoms with Crippen LogP contribution in [0.4, 0.5) is 29.5 Å². The van der Waals surface area contributed by atoms with Crippen molar-refractivity contribution >= 4 is 23.2 Å². The van der Waals surface area contributed by atoms with Crippen LogP contribution in [0.1, 0.15) is 11.9 Å². The largest absolute Gasteiger partial charge is 0.453 e. The Morgan fingerprint density at radius 1 is 1.18 bits per heavy atom. The molecule has 2 saturated heterocycles. The summed E-state index contributed by atoms with van der Waals surface area (Å²) in [6, 6.07) is 2.96. The van der Waals surface area contributed by atoms with E-state index in [9.17, 15) is 18.0 Å². The SMILES string of the molecule is O=C1NCCN1c1cnn(C2CN(c3ccc4nnc(C(F)(F)F)n4n3)C2)c1. The summed E-state index contributed by atoms with van der Waals surface area (Å²) in [6.07, 6.45) is -1.20. The number of hydrogen-bond acceptors (Lipinski definition) is 6. The number of amides is 2. The number of carbonyl (C=O) groups is 1. The molecule has 2 amide bonds. The Morgan fingerprint density at radius 3 is 2.71 bits per heavy atom. The number of halogens is 3. The molecule has 0 aromatic carbocycles. The minimum Gasteiger partial charge on any atom is -0.351 e. The minimum absolute atomic E-state index is 0.0359. The zero-order chi connectivity index (χ0) is 19.5. The van der Waals surface area contributed by atoms with Crippen LogP contribution in [-0.2, 0) is 6.18 Å². The van der Waals surface area contributed by atoms with Crippen molar-refractivity contribution in [1.29, 1.82) is 0 Å². The average Bonchev–Trinajstić information content (AvgIpc) is 3.31. The molecule has 10 nitrogen and oxygen atoms in total. The summed E-state index contributed by atoms with van der Waals surface area (Å²) in [5, 5.41) is 17.8. The van der Waals surface area contributed by atoms with E-state index in [4.69, 9.17) is 0 Å². The second-order valence-electron chi connectivity index (χ2n) is 6.60. The van der Waals surface area contributed by atoms with E-state index in [-0.39, 0.29) is 17.7 Å². The van der Waals surface area contributed by atoms with Crippen LogP contribution in [0.15, 0.2) is 24.5 Å². The van der Waals surface area contributed by atoms with E-state index in [1.54, 1.807) is 28.0 Å². The molecule has 5 heterocycles. The fourth-order valence-corrected chi connectivity index (χ4v) is 3.32. The number of aromatic nitrogens is 6. The third-order valence-electron chi connectivity index (χ3n) is 4.82. The minimum atomic E-state index is -4.63. The van der Waals surface area contributed by atoms with Gasteiger partial charge in [-0.25, -0.2) is 4.79 Å². The first-order chi connectivity index (χ1) is 13.4. The summed E-state index contributed by atoms with van der Waals surface area (Å²) in [5.74, 6) is -0.748. The first-order valence-electron chi connectivity index (χ1n) is 8.54. The lowest BCUT2D eigenvalue weighted by Gasteiger charge is -2.39. The first kappa shape index (κ1) is 16.8. The van der Waals surface area contributed by atoms with E-state index < -0.39 is 12.0 Å². The maximum Gasteiger partial charge on any atom is 0.453 e. The van der Waals surface area contributed by atoms with Gasteiger partial charge in [0.2, 0.25) is 0 Å². The zero-order valence-corrected chi connectivity index (χ0v) is 14.3. The molecule has 0 unspecified atom stereocenters. The third-order valence-corrected chi connectivity index (χ3v) is 4.82. The second-order valence-corrected chi connectivity index (χ2v) is 6.60. The molecule has 0 saturated carbocycles. The standard InChI is InChI=1S/C15H14F3N9O/c16-15(17,18)13-22-21-11-1-2-12(23-27(11)13)24-6-10(7-24)26-8-9(5-20-26)25-4-3-19-14(25)28/h1-2,5,8,10H,3-4,6-7H2,(H,19,28). The van der Waals surface area contributed by atoms with Gasteiger partial charge in [-0.3, -0.25) is 9.58 Å². The predicted octanol–water partition coefficient (Wildman–Crippen LogP) is 0.930. The van der Waals surface area contributed by atoms with Crippen molar-refractivity contribution in [2.24, 2.45) is 0 Å². The Labute approximate surface area is 155 Å². The average molecular weight is 393 g/mol. The highest BCUT2D eigenvalue weighted by molar-refractivity contribution is 5.93. The predicted molar refractivity (Wildman–Crippen MR) is 90.0 cm³/mol. The fourth-order valence-electron chi connectivity index (χ4n) is 3.32. The van der Waals surface area contributed by atoms with Crippen LogP contribution in [0, 0.1) is 0 Å². The molecule has 2 aliphatic rings. The van der Waals surface area contributed by atoms with Gasteiger partial charge in [-0.05, 0) is 12.1 Å². The van der Waals surface area contributed by atoms with Crippen molar-refractivity contribution in [3.8, 4) is 0 Å². The fraction of sp³-hybridized carbons (Fsp3) is 0.400. The van der Waals surface area contributed by atoms with Gasteiger partial charge in [-0.1, -0.05) is 0 Å². The Kier molecular flexibility index (Phi) is 3.48. The van der Waals surface area contributed by atoms with Crippen molar-refractivity contribution in [2.45, 2.75) is 12.2 Å². The number of hydrogen-bond donors (Lipinski definition) is 1. The quantitative estimate of drug-likeness (QED) is 0.711. The van der Waals surface area contributed by atoms with E-state index in [1.165, 1.54) is 6.07 Å². The van der Waals surface area contributed by atoms with Crippen LogP contribution in [0.25, 0.3) is 5.65 Å². The van der Waals surface area contributed by atoms with Gasteiger partial charge in [0.05, 0.1) is 17.9 Å². The van der Waals surface area contributed by atoms with Gasteiger partial charge in [0, 0.05) is 32.4 Å². The van der Waals surface area contributed by atoms with Crippen molar-refractivity contribution in [2.75, 3.05) is 36.0 Å². The number of carbonyl (C=O) groups excluding carboxylic acids is 1. The van der Waals surface area contributed by atoms with Crippen LogP contribution in [0.2, 0.25) is 0 Å². The number of nitrogens with zero attached hydrogens (tertiary/aromatic N) is 8. The molecular weight excluding hydrogens is 379 g/mol. The first-order valence-corrected chi connectivity index (χ1v) is 8.54. The monoisotopic (exact) mass is 393 g/mol. The van der Waals surface area contributed by atoms with Crippen molar-refractivity contribution in [1.82, 2.24) is 34.9 Å². The van der Waals surface area contributed by atoms with Gasteiger partial charge in [-0.2, -0.15) is 22.8 Å². The maximum atomic E-state index is 13.0. The van der Waals surface area contributed by atoms with Crippen LogP contribution in [-0.4, -0.2) is 61.8 Å². The number of fused-ring (bicyclic) bond motifs is 1. The summed E-state index contributed by atoms with van der Waals surface area (Å²) in [4.78, 5) is 15.2. The summed E-state index contributed by atoms with van der Waals surface area (Å²) in [5.41, 5.74) is 0.751. The molecule has 0 atom stereocenters. The van der Waals surface area contributed by atoms with Crippen LogP contribution >= 0.6 is 0 Å². The molecule has 0 bridgehead atoms. The van der Waals surface area contributed by atoms with E-state index in [0.29, 0.717) is 42.2 Å². The lowest BCUT2D eigenvalue weighted by Crippen LogP contribution is -2.48. The molecule has 146 valence electrons. The molecule has 13 heteroatoms. The molecule has 0 radical (unpaired) electrons. The lowest BCUT2D eigenvalue weighted by molar-refractivity contribution is -0.146. The molecule has 3 aromatic rings. The molecule has 5 rings (SSSR count). The molecule has 28 heavy (non-hydrogen) atoms. The number of urea groups is 1. The van der Waals surface area contributed by atoms with Crippen LogP contribution < -0.4 is 15.1 Å². The smallest absolute Gasteiger partial charge is 0.351 e. The van der Waals surface area contributed by atoms with E-state index >= 15 is 0 Å². The molecule has 2 fully saturated rings. The molecule has 3 aromatic heterocycles. The Morgan fingerprint density at radius 2 is 2.00 bits per heavy atom. The number of nitrogens with one attached hydrogen (secondary N) is 1. The second kappa shape index (κ2) is 5.81. The van der Waals surface area contributed by atoms with E-state index in [1.807, 2.05) is 4.90 Å². The normalized spacial score (nSPS) is 18.0. The van der Waals surface area contributed by atoms with Crippen molar-refractivity contribution in [3.05, 3.63) is 30.4 Å². The van der Waals surface area contributed by atoms with Gasteiger partial charge < -0.3 is 10.2 Å². The number of rotatable bonds is 3. The molecule has 1 N–H and O–H groups in total. The highest BCUT2D eigenvalue weighted by Gasteiger charge is 2.38. The third kappa shape index (κ3) is 2.61. The molecule has 0 spiro atoms. The Bertz CT molecular complexity index is 1050. The highest BCUT2D eigenvalue weighted by Crippen LogP contribution is 2.30. The maximum absolute atomic E-state index is 13.0. The summed E-state index contributed by atoms with van der Waals surface area (Å²) in [7, 11) is 0. The van der Waals surface area contributed by atoms with E-state index in [0.717, 1.165) is 0 Å². The van der Waals surface area contributed by atoms with Gasteiger partial charge in [-0.15, -0.1) is 15.3 Å². The van der Waals surface area contributed by atoms with Gasteiger partial charge in [0.25, 0.3) is 5.82 Å². The highest BCUT2D eigenvalue weighted by atomic mass is 19.4. The van der Waals surface area contributed by atoms with Crippen molar-refractivity contribution < 1.29 is 18.0 Å². The van der Waals surface area contributed by atoms with E-state index in [2.05, 4.69) is 25.7 Å². The Balaban J connectivity index is 1.32. The zero-order valence-electron chi connectivity index (χ0n) is 14.3. The van der Waals surface area contributed by atoms with Gasteiger partial charge >= 0.3 is 12.2 Å². The molecular formula is C15H14F3N9O. The lowest BCUT2D eigenvalue weighted by atomic mass is 10.1. The summed E-state index contributed by atoms with van der Waals surface area (Å²) >= 11 is 0. The van der Waals surface area contributed by atoms with Crippen LogP contribution in [0.5, 0.6) is 0 Å². The molecule has 0 aliphatic carbocycles. The van der Waals surface area contributed by atoms with Crippen molar-refractivity contribution in [3.63, 3.8) is 0 Å².